The first kappa shape index (κ1) is 14.9. The Labute approximate surface area is 111 Å². The molecular formula is C14H16O5. The van der Waals surface area contributed by atoms with Crippen LogP contribution in [0.5, 0.6) is 5.75 Å². The molecule has 0 aliphatic carbocycles. The van der Waals surface area contributed by atoms with Crippen LogP contribution in [0.2, 0.25) is 0 Å². The van der Waals surface area contributed by atoms with Crippen LogP contribution in [0, 0.1) is 0 Å². The molecule has 0 bridgehead atoms. The lowest BCUT2D eigenvalue weighted by molar-refractivity contribution is -0.137. The summed E-state index contributed by atoms with van der Waals surface area (Å²) in [5, 5.41) is 8.62. The van der Waals surface area contributed by atoms with E-state index in [1.165, 1.54) is 0 Å². The lowest BCUT2D eigenvalue weighted by atomic mass is 10.1. The maximum atomic E-state index is 10.9. The van der Waals surface area contributed by atoms with Crippen LogP contribution in [0.1, 0.15) is 35.2 Å². The van der Waals surface area contributed by atoms with E-state index in [-0.39, 0.29) is 6.42 Å². The Bertz CT molecular complexity index is 453. The monoisotopic (exact) mass is 264 g/mol. The molecule has 102 valence electrons. The number of carbonyl (C=O) groups excluding carboxylic acids is 2. The van der Waals surface area contributed by atoms with Crippen molar-refractivity contribution in [2.24, 2.45) is 0 Å². The van der Waals surface area contributed by atoms with Gasteiger partial charge in [-0.15, -0.1) is 0 Å². The van der Waals surface area contributed by atoms with E-state index in [2.05, 4.69) is 0 Å². The molecule has 0 atom stereocenters. The van der Waals surface area contributed by atoms with Crippen molar-refractivity contribution in [1.29, 1.82) is 0 Å². The highest BCUT2D eigenvalue weighted by Crippen LogP contribution is 2.20. The fraction of sp³-hybridized carbons (Fsp3) is 0.357. The van der Waals surface area contributed by atoms with Crippen molar-refractivity contribution in [3.8, 4) is 5.75 Å². The number of unbranched alkanes of at least 4 members (excludes halogenated alkanes) is 1. The normalized spacial score (nSPS) is 9.89. The molecule has 5 nitrogen and oxygen atoms in total. The van der Waals surface area contributed by atoms with Crippen LogP contribution in [0.15, 0.2) is 18.2 Å². The SMILES string of the molecule is O=CCCCOc1cc(CCC(=O)O)ccc1C=O. The molecule has 0 fully saturated rings. The molecule has 0 amide bonds. The van der Waals surface area contributed by atoms with Gasteiger partial charge in [-0.25, -0.2) is 0 Å². The summed E-state index contributed by atoms with van der Waals surface area (Å²) in [6, 6.07) is 5.00. The number of carboxylic acids is 1. The number of aryl methyl sites for hydroxylation is 1. The summed E-state index contributed by atoms with van der Waals surface area (Å²) < 4.78 is 5.44. The zero-order valence-corrected chi connectivity index (χ0v) is 10.5. The number of hydrogen-bond acceptors (Lipinski definition) is 4. The quantitative estimate of drug-likeness (QED) is 0.544. The molecule has 1 aromatic rings. The summed E-state index contributed by atoms with van der Waals surface area (Å²) in [4.78, 5) is 31.5. The predicted octanol–water partition coefficient (Wildman–Crippen LogP) is 1.87. The van der Waals surface area contributed by atoms with Gasteiger partial charge >= 0.3 is 5.97 Å². The molecule has 0 aromatic heterocycles. The largest absolute Gasteiger partial charge is 0.493 e. The van der Waals surface area contributed by atoms with Crippen molar-refractivity contribution in [2.75, 3.05) is 6.61 Å². The van der Waals surface area contributed by atoms with Crippen LogP contribution >= 0.6 is 0 Å². The number of carbonyl (C=O) groups is 3. The average Bonchev–Trinajstić information content (AvgIpc) is 2.41. The Morgan fingerprint density at radius 3 is 2.74 bits per heavy atom. The number of carboxylic acid groups (broad SMARTS) is 1. The first-order valence-corrected chi connectivity index (χ1v) is 6.03. The van der Waals surface area contributed by atoms with Gasteiger partial charge in [-0.05, 0) is 30.5 Å². The fourth-order valence-electron chi connectivity index (χ4n) is 1.56. The van der Waals surface area contributed by atoms with E-state index in [1.807, 2.05) is 0 Å². The lowest BCUT2D eigenvalue weighted by Gasteiger charge is -2.09. The summed E-state index contributed by atoms with van der Waals surface area (Å²) in [6.45, 7) is 0.349. The third-order valence-electron chi connectivity index (χ3n) is 2.56. The lowest BCUT2D eigenvalue weighted by Crippen LogP contribution is -2.02. The Balaban J connectivity index is 2.69. The number of aliphatic carboxylic acids is 1. The molecule has 0 radical (unpaired) electrons. The summed E-state index contributed by atoms with van der Waals surface area (Å²) in [7, 11) is 0. The zero-order chi connectivity index (χ0) is 14.1. The Morgan fingerprint density at radius 2 is 2.11 bits per heavy atom. The number of benzene rings is 1. The first-order chi connectivity index (χ1) is 9.17. The van der Waals surface area contributed by atoms with E-state index in [0.717, 1.165) is 11.8 Å². The van der Waals surface area contributed by atoms with Gasteiger partial charge in [0.1, 0.15) is 12.0 Å². The molecule has 0 saturated carbocycles. The van der Waals surface area contributed by atoms with Gasteiger partial charge in [0.2, 0.25) is 0 Å². The Hall–Kier alpha value is -2.17. The van der Waals surface area contributed by atoms with E-state index >= 15 is 0 Å². The molecule has 5 heteroatoms. The van der Waals surface area contributed by atoms with Crippen molar-refractivity contribution in [1.82, 2.24) is 0 Å². The van der Waals surface area contributed by atoms with Gasteiger partial charge < -0.3 is 14.6 Å². The summed E-state index contributed by atoms with van der Waals surface area (Å²) in [5.74, 6) is -0.434. The van der Waals surface area contributed by atoms with E-state index in [0.29, 0.717) is 43.5 Å². The maximum Gasteiger partial charge on any atom is 0.303 e. The molecule has 0 aliphatic heterocycles. The van der Waals surface area contributed by atoms with Crippen LogP contribution in [0.25, 0.3) is 0 Å². The minimum absolute atomic E-state index is 0.0328. The molecule has 0 unspecified atom stereocenters. The average molecular weight is 264 g/mol. The molecule has 0 heterocycles. The Kier molecular flexibility index (Phi) is 6.29. The summed E-state index contributed by atoms with van der Waals surface area (Å²) >= 11 is 0. The number of hydrogen-bond donors (Lipinski definition) is 1. The van der Waals surface area contributed by atoms with Gasteiger partial charge in [-0.3, -0.25) is 9.59 Å². The van der Waals surface area contributed by atoms with Gasteiger partial charge in [-0.1, -0.05) is 6.07 Å². The second-order valence-corrected chi connectivity index (χ2v) is 4.04. The van der Waals surface area contributed by atoms with Crippen molar-refractivity contribution in [3.63, 3.8) is 0 Å². The Morgan fingerprint density at radius 1 is 1.32 bits per heavy atom. The molecule has 19 heavy (non-hydrogen) atoms. The summed E-state index contributed by atoms with van der Waals surface area (Å²) in [5.41, 5.74) is 1.23. The predicted molar refractivity (Wildman–Crippen MR) is 68.6 cm³/mol. The van der Waals surface area contributed by atoms with E-state index in [9.17, 15) is 14.4 Å². The van der Waals surface area contributed by atoms with Crippen LogP contribution < -0.4 is 4.74 Å². The van der Waals surface area contributed by atoms with Crippen LogP contribution in [-0.2, 0) is 16.0 Å². The number of ether oxygens (including phenoxy) is 1. The van der Waals surface area contributed by atoms with Gasteiger partial charge in [-0.2, -0.15) is 0 Å². The van der Waals surface area contributed by atoms with Crippen LogP contribution in [0.3, 0.4) is 0 Å². The van der Waals surface area contributed by atoms with Gasteiger partial charge in [0.15, 0.2) is 6.29 Å². The topological polar surface area (TPSA) is 80.7 Å². The van der Waals surface area contributed by atoms with E-state index in [1.54, 1.807) is 18.2 Å². The van der Waals surface area contributed by atoms with Crippen molar-refractivity contribution < 1.29 is 24.2 Å². The van der Waals surface area contributed by atoms with Gasteiger partial charge in [0.25, 0.3) is 0 Å². The minimum atomic E-state index is -0.868. The molecule has 0 saturated heterocycles. The highest BCUT2D eigenvalue weighted by molar-refractivity contribution is 5.79. The van der Waals surface area contributed by atoms with E-state index in [4.69, 9.17) is 9.84 Å². The highest BCUT2D eigenvalue weighted by Gasteiger charge is 2.06. The smallest absolute Gasteiger partial charge is 0.303 e. The maximum absolute atomic E-state index is 10.9. The van der Waals surface area contributed by atoms with Gasteiger partial charge in [0, 0.05) is 12.8 Å². The third kappa shape index (κ3) is 5.33. The second-order valence-electron chi connectivity index (χ2n) is 4.04. The molecule has 1 aromatic carbocycles. The second kappa shape index (κ2) is 8.02. The van der Waals surface area contributed by atoms with Crippen molar-refractivity contribution >= 4 is 18.5 Å². The zero-order valence-electron chi connectivity index (χ0n) is 10.5. The van der Waals surface area contributed by atoms with Crippen LogP contribution in [-0.4, -0.2) is 30.3 Å². The number of aldehydes is 2. The minimum Gasteiger partial charge on any atom is -0.493 e. The highest BCUT2D eigenvalue weighted by atomic mass is 16.5. The number of rotatable bonds is 9. The third-order valence-corrected chi connectivity index (χ3v) is 2.56. The standard InChI is InChI=1S/C14H16O5/c15-7-1-2-8-19-13-9-11(4-6-14(17)18)3-5-12(13)10-16/h3,5,7,9-10H,1-2,4,6,8H2,(H,17,18). The van der Waals surface area contributed by atoms with Crippen LogP contribution in [0.4, 0.5) is 0 Å². The van der Waals surface area contributed by atoms with E-state index < -0.39 is 5.97 Å². The molecule has 1 rings (SSSR count). The van der Waals surface area contributed by atoms with Crippen molar-refractivity contribution in [3.05, 3.63) is 29.3 Å². The molecule has 1 N–H and O–H groups in total. The fourth-order valence-corrected chi connectivity index (χ4v) is 1.56. The molecule has 0 aliphatic rings. The molecule has 0 spiro atoms. The summed E-state index contributed by atoms with van der Waals surface area (Å²) in [6.07, 6.45) is 2.92. The van der Waals surface area contributed by atoms with Crippen molar-refractivity contribution in [2.45, 2.75) is 25.7 Å². The first-order valence-electron chi connectivity index (χ1n) is 6.03. The van der Waals surface area contributed by atoms with Gasteiger partial charge in [0.05, 0.1) is 12.2 Å². The molecular weight excluding hydrogens is 248 g/mol.